The summed E-state index contributed by atoms with van der Waals surface area (Å²) in [5.74, 6) is 0.917. The minimum absolute atomic E-state index is 0.795. The Hall–Kier alpha value is -2.49. The molecule has 0 radical (unpaired) electrons. The highest BCUT2D eigenvalue weighted by Crippen LogP contribution is 2.22. The second kappa shape index (κ2) is 5.87. The Morgan fingerprint density at radius 1 is 1.05 bits per heavy atom. The van der Waals surface area contributed by atoms with E-state index in [4.69, 9.17) is 0 Å². The zero-order chi connectivity index (χ0) is 14.7. The predicted octanol–water partition coefficient (Wildman–Crippen LogP) is 3.22. The lowest BCUT2D eigenvalue weighted by Gasteiger charge is -2.12. The molecule has 0 saturated carbocycles. The van der Waals surface area contributed by atoms with Crippen LogP contribution in [0.5, 0.6) is 0 Å². The fraction of sp³-hybridized carbons (Fsp3) is 0.235. The average molecular weight is 278 g/mol. The summed E-state index contributed by atoms with van der Waals surface area (Å²) in [6.45, 7) is 2.13. The Balaban J connectivity index is 2.07. The van der Waals surface area contributed by atoms with Gasteiger partial charge in [0.1, 0.15) is 12.1 Å². The van der Waals surface area contributed by atoms with Crippen LogP contribution in [0.1, 0.15) is 23.7 Å². The predicted molar refractivity (Wildman–Crippen MR) is 85.5 cm³/mol. The molecule has 0 bridgehead atoms. The van der Waals surface area contributed by atoms with E-state index in [9.17, 15) is 0 Å². The summed E-state index contributed by atoms with van der Waals surface area (Å²) < 4.78 is 0. The molecule has 4 nitrogen and oxygen atoms in total. The van der Waals surface area contributed by atoms with Crippen molar-refractivity contribution in [2.75, 3.05) is 12.4 Å². The Bertz CT molecular complexity index is 762. The van der Waals surface area contributed by atoms with E-state index in [2.05, 4.69) is 39.3 Å². The molecule has 0 aliphatic carbocycles. The molecule has 106 valence electrons. The van der Waals surface area contributed by atoms with Gasteiger partial charge in [0.05, 0.1) is 11.2 Å². The van der Waals surface area contributed by atoms with E-state index in [0.29, 0.717) is 0 Å². The first kappa shape index (κ1) is 13.5. The molecular formula is C17H18N4. The zero-order valence-electron chi connectivity index (χ0n) is 12.3. The van der Waals surface area contributed by atoms with Gasteiger partial charge in [0.25, 0.3) is 0 Å². The molecule has 1 N–H and O–H groups in total. The molecule has 3 rings (SSSR count). The van der Waals surface area contributed by atoms with Crippen LogP contribution in [-0.4, -0.2) is 22.0 Å². The van der Waals surface area contributed by atoms with E-state index in [-0.39, 0.29) is 0 Å². The Morgan fingerprint density at radius 3 is 2.71 bits per heavy atom. The summed E-state index contributed by atoms with van der Waals surface area (Å²) in [5.41, 5.74) is 4.53. The highest BCUT2D eigenvalue weighted by Gasteiger charge is 2.11. The molecule has 0 saturated heterocycles. The molecule has 0 unspecified atom stereocenters. The van der Waals surface area contributed by atoms with Crippen molar-refractivity contribution in [2.24, 2.45) is 0 Å². The minimum Gasteiger partial charge on any atom is -0.373 e. The molecule has 3 aromatic rings. The molecule has 2 heterocycles. The van der Waals surface area contributed by atoms with Crippen LogP contribution in [0, 0.1) is 0 Å². The lowest BCUT2D eigenvalue weighted by molar-refractivity contribution is 0.953. The van der Waals surface area contributed by atoms with E-state index in [1.54, 1.807) is 6.33 Å². The summed E-state index contributed by atoms with van der Waals surface area (Å²) in [7, 11) is 1.90. The fourth-order valence-corrected chi connectivity index (χ4v) is 2.68. The summed E-state index contributed by atoms with van der Waals surface area (Å²) in [6, 6.07) is 10.3. The van der Waals surface area contributed by atoms with Gasteiger partial charge in [-0.15, -0.1) is 0 Å². The van der Waals surface area contributed by atoms with Crippen LogP contribution in [-0.2, 0) is 12.8 Å². The van der Waals surface area contributed by atoms with Crippen LogP contribution in [0.15, 0.2) is 42.9 Å². The summed E-state index contributed by atoms with van der Waals surface area (Å²) in [5, 5.41) is 4.33. The first-order chi connectivity index (χ1) is 10.3. The van der Waals surface area contributed by atoms with E-state index < -0.39 is 0 Å². The summed E-state index contributed by atoms with van der Waals surface area (Å²) in [6.07, 6.45) is 5.20. The summed E-state index contributed by atoms with van der Waals surface area (Å²) in [4.78, 5) is 13.2. The van der Waals surface area contributed by atoms with Crippen molar-refractivity contribution in [3.05, 3.63) is 59.7 Å². The molecule has 4 heteroatoms. The van der Waals surface area contributed by atoms with Crippen LogP contribution in [0.25, 0.3) is 10.9 Å². The van der Waals surface area contributed by atoms with Crippen LogP contribution in [0.3, 0.4) is 0 Å². The Kier molecular flexibility index (Phi) is 3.77. The molecule has 0 atom stereocenters. The maximum Gasteiger partial charge on any atom is 0.132 e. The molecule has 0 aliphatic heterocycles. The number of hydrogen-bond donors (Lipinski definition) is 1. The molecular weight excluding hydrogens is 260 g/mol. The summed E-state index contributed by atoms with van der Waals surface area (Å²) >= 11 is 0. The highest BCUT2D eigenvalue weighted by molar-refractivity contribution is 5.82. The van der Waals surface area contributed by atoms with Crippen LogP contribution in [0.4, 0.5) is 5.82 Å². The topological polar surface area (TPSA) is 50.7 Å². The van der Waals surface area contributed by atoms with E-state index in [0.717, 1.165) is 29.9 Å². The Morgan fingerprint density at radius 2 is 1.90 bits per heavy atom. The minimum atomic E-state index is 0.795. The first-order valence-electron chi connectivity index (χ1n) is 7.16. The lowest BCUT2D eigenvalue weighted by Crippen LogP contribution is -2.05. The van der Waals surface area contributed by atoms with Gasteiger partial charge in [0.2, 0.25) is 0 Å². The number of pyridine rings is 1. The third-order valence-electron chi connectivity index (χ3n) is 3.72. The van der Waals surface area contributed by atoms with Gasteiger partial charge in [-0.3, -0.25) is 4.98 Å². The third kappa shape index (κ3) is 2.57. The second-order valence-electron chi connectivity index (χ2n) is 4.92. The van der Waals surface area contributed by atoms with Gasteiger partial charge < -0.3 is 5.32 Å². The number of para-hydroxylation sites is 1. The number of aromatic nitrogens is 3. The van der Waals surface area contributed by atoms with Crippen LogP contribution < -0.4 is 5.32 Å². The molecule has 2 aromatic heterocycles. The second-order valence-corrected chi connectivity index (χ2v) is 4.92. The average Bonchev–Trinajstić information content (AvgIpc) is 2.55. The maximum atomic E-state index is 4.49. The van der Waals surface area contributed by atoms with Crippen molar-refractivity contribution in [2.45, 2.75) is 19.8 Å². The van der Waals surface area contributed by atoms with E-state index >= 15 is 0 Å². The number of nitrogens with zero attached hydrogens (tertiary/aromatic N) is 3. The maximum absolute atomic E-state index is 4.49. The van der Waals surface area contributed by atoms with Crippen molar-refractivity contribution < 1.29 is 0 Å². The monoisotopic (exact) mass is 278 g/mol. The van der Waals surface area contributed by atoms with Gasteiger partial charge in [0, 0.05) is 30.6 Å². The van der Waals surface area contributed by atoms with Crippen molar-refractivity contribution in [1.29, 1.82) is 0 Å². The third-order valence-corrected chi connectivity index (χ3v) is 3.72. The molecule has 0 spiro atoms. The van der Waals surface area contributed by atoms with Gasteiger partial charge >= 0.3 is 0 Å². The lowest BCUT2D eigenvalue weighted by atomic mass is 10.0. The molecule has 0 aliphatic rings. The van der Waals surface area contributed by atoms with Gasteiger partial charge in [-0.2, -0.15) is 0 Å². The van der Waals surface area contributed by atoms with Crippen molar-refractivity contribution in [3.8, 4) is 0 Å². The highest BCUT2D eigenvalue weighted by atomic mass is 15.0. The zero-order valence-corrected chi connectivity index (χ0v) is 12.3. The number of nitrogens with one attached hydrogen (secondary N) is 1. The quantitative estimate of drug-likeness (QED) is 0.796. The standard InChI is InChI=1S/C17H18N4/c1-3-13-16(20-11-21-17(13)18-2)10-12-8-9-19-15-7-5-4-6-14(12)15/h4-9,11H,3,10H2,1-2H3,(H,18,20,21). The van der Waals surface area contributed by atoms with Crippen molar-refractivity contribution in [3.63, 3.8) is 0 Å². The molecule has 1 aromatic carbocycles. The number of rotatable bonds is 4. The molecule has 0 fully saturated rings. The first-order valence-corrected chi connectivity index (χ1v) is 7.16. The fourth-order valence-electron chi connectivity index (χ4n) is 2.68. The van der Waals surface area contributed by atoms with Gasteiger partial charge in [0.15, 0.2) is 0 Å². The SMILES string of the molecule is CCc1c(Cc2ccnc3ccccc23)ncnc1NC. The van der Waals surface area contributed by atoms with Gasteiger partial charge in [-0.25, -0.2) is 9.97 Å². The smallest absolute Gasteiger partial charge is 0.132 e. The Labute approximate surface area is 124 Å². The number of benzene rings is 1. The number of hydrogen-bond acceptors (Lipinski definition) is 4. The van der Waals surface area contributed by atoms with Gasteiger partial charge in [-0.05, 0) is 24.1 Å². The normalized spacial score (nSPS) is 10.8. The largest absolute Gasteiger partial charge is 0.373 e. The van der Waals surface area contributed by atoms with E-state index in [1.807, 2.05) is 31.4 Å². The molecule has 21 heavy (non-hydrogen) atoms. The van der Waals surface area contributed by atoms with E-state index in [1.165, 1.54) is 16.5 Å². The van der Waals surface area contributed by atoms with Gasteiger partial charge in [-0.1, -0.05) is 25.1 Å². The van der Waals surface area contributed by atoms with Crippen LogP contribution in [0.2, 0.25) is 0 Å². The number of fused-ring (bicyclic) bond motifs is 1. The van der Waals surface area contributed by atoms with Crippen molar-refractivity contribution >= 4 is 16.7 Å². The van der Waals surface area contributed by atoms with Crippen LogP contribution >= 0.6 is 0 Å². The number of anilines is 1. The molecule has 0 amide bonds. The van der Waals surface area contributed by atoms with Crippen molar-refractivity contribution in [1.82, 2.24) is 15.0 Å².